The number of amides is 3. The van der Waals surface area contributed by atoms with Crippen LogP contribution in [0.15, 0.2) is 54.7 Å². The summed E-state index contributed by atoms with van der Waals surface area (Å²) in [5.74, 6) is -2.50. The molecule has 0 unspecified atom stereocenters. The highest BCUT2D eigenvalue weighted by atomic mass is 19.1. The minimum absolute atomic E-state index is 0.0439. The molecule has 0 fully saturated rings. The number of nitrogens with one attached hydrogen (secondary N) is 3. The van der Waals surface area contributed by atoms with Gasteiger partial charge in [-0.05, 0) is 29.3 Å². The van der Waals surface area contributed by atoms with Crippen LogP contribution in [0.2, 0.25) is 0 Å². The summed E-state index contributed by atoms with van der Waals surface area (Å²) in [6, 6.07) is 12.8. The third kappa shape index (κ3) is 5.23. The van der Waals surface area contributed by atoms with Gasteiger partial charge in [-0.25, -0.2) is 18.7 Å². The molecular formula is C26H21FN6O6. The van der Waals surface area contributed by atoms with E-state index in [1.165, 1.54) is 13.2 Å². The molecule has 3 N–H and O–H groups in total. The monoisotopic (exact) mass is 532 g/mol. The molecule has 0 bridgehead atoms. The Bertz CT molecular complexity index is 1630. The number of hydrogen-bond acceptors (Lipinski definition) is 8. The fraction of sp³-hybridized carbons (Fsp3) is 0.154. The minimum atomic E-state index is -0.819. The van der Waals surface area contributed by atoms with Crippen LogP contribution in [0.3, 0.4) is 0 Å². The third-order valence-corrected chi connectivity index (χ3v) is 5.89. The summed E-state index contributed by atoms with van der Waals surface area (Å²) in [6.45, 7) is -0.0592. The molecule has 4 aromatic rings. The Labute approximate surface area is 220 Å². The summed E-state index contributed by atoms with van der Waals surface area (Å²) < 4.78 is 25.5. The van der Waals surface area contributed by atoms with Crippen LogP contribution < -0.4 is 20.7 Å². The summed E-state index contributed by atoms with van der Waals surface area (Å²) in [4.78, 5) is 53.7. The van der Waals surface area contributed by atoms with Crippen LogP contribution in [0.4, 0.5) is 10.1 Å². The summed E-state index contributed by atoms with van der Waals surface area (Å²) in [7, 11) is 1.25. The topological polar surface area (TPSA) is 153 Å². The molecule has 0 aliphatic carbocycles. The molecule has 198 valence electrons. The predicted octanol–water partition coefficient (Wildman–Crippen LogP) is 1.85. The van der Waals surface area contributed by atoms with Crippen LogP contribution in [-0.4, -0.2) is 52.0 Å². The zero-order chi connectivity index (χ0) is 27.5. The van der Waals surface area contributed by atoms with Crippen molar-refractivity contribution in [2.75, 3.05) is 19.0 Å². The van der Waals surface area contributed by atoms with Crippen molar-refractivity contribution in [3.8, 4) is 5.75 Å². The van der Waals surface area contributed by atoms with Gasteiger partial charge < -0.3 is 25.4 Å². The highest BCUT2D eigenvalue weighted by Crippen LogP contribution is 2.28. The number of rotatable bonds is 7. The van der Waals surface area contributed by atoms with Gasteiger partial charge in [-0.1, -0.05) is 24.3 Å². The number of esters is 1. The number of halogens is 1. The molecule has 13 heteroatoms. The number of methoxy groups -OCH3 is 1. The molecule has 0 saturated carbocycles. The zero-order valence-electron chi connectivity index (χ0n) is 20.5. The Kier molecular flexibility index (Phi) is 6.87. The number of carbonyl (C=O) groups excluding carboxylic acids is 4. The van der Waals surface area contributed by atoms with Gasteiger partial charge in [0.05, 0.1) is 24.6 Å². The van der Waals surface area contributed by atoms with E-state index in [4.69, 9.17) is 9.47 Å². The van der Waals surface area contributed by atoms with Crippen LogP contribution >= 0.6 is 0 Å². The van der Waals surface area contributed by atoms with E-state index >= 15 is 0 Å². The van der Waals surface area contributed by atoms with Crippen molar-refractivity contribution in [3.63, 3.8) is 0 Å². The van der Waals surface area contributed by atoms with E-state index < -0.39 is 23.6 Å². The van der Waals surface area contributed by atoms with Crippen molar-refractivity contribution >= 4 is 35.0 Å². The molecule has 5 rings (SSSR count). The Morgan fingerprint density at radius 3 is 2.72 bits per heavy atom. The summed E-state index contributed by atoms with van der Waals surface area (Å²) in [5.41, 5.74) is 1.25. The van der Waals surface area contributed by atoms with E-state index in [1.807, 2.05) is 0 Å². The predicted molar refractivity (Wildman–Crippen MR) is 134 cm³/mol. The van der Waals surface area contributed by atoms with E-state index in [0.29, 0.717) is 22.6 Å². The van der Waals surface area contributed by atoms with Gasteiger partial charge in [0.1, 0.15) is 17.1 Å². The molecule has 0 radical (unpaired) electrons. The number of fused-ring (bicyclic) bond motifs is 2. The van der Waals surface area contributed by atoms with Crippen molar-refractivity contribution in [1.82, 2.24) is 25.2 Å². The Morgan fingerprint density at radius 2 is 1.90 bits per heavy atom. The maximum atomic E-state index is 14.4. The number of aromatic nitrogens is 3. The smallest absolute Gasteiger partial charge is 0.338 e. The second kappa shape index (κ2) is 10.6. The minimum Gasteiger partial charge on any atom is -0.482 e. The number of ether oxygens (including phenoxy) is 2. The van der Waals surface area contributed by atoms with Crippen LogP contribution in [0.25, 0.3) is 5.65 Å². The van der Waals surface area contributed by atoms with Crippen LogP contribution in [0.1, 0.15) is 42.5 Å². The van der Waals surface area contributed by atoms with Gasteiger partial charge in [0, 0.05) is 19.2 Å². The first-order chi connectivity index (χ1) is 18.8. The van der Waals surface area contributed by atoms with Gasteiger partial charge >= 0.3 is 5.97 Å². The van der Waals surface area contributed by atoms with Crippen LogP contribution in [-0.2, 0) is 22.6 Å². The standard InChI is InChI=1S/C26H21FN6O6/c1-38-26(37)16-5-3-2-4-15(16)11-29-25(36)20-9-19(32-23-17(27)12-30-33(20)23)24(35)28-10-14-6-7-21-18(8-14)31-22(34)13-39-21/h2-9,12H,10-11,13H2,1H3,(H,28,35)(H,29,36)(H,31,34). The first kappa shape index (κ1) is 25.3. The molecule has 0 spiro atoms. The summed E-state index contributed by atoms with van der Waals surface area (Å²) >= 11 is 0. The van der Waals surface area contributed by atoms with E-state index in [0.717, 1.165) is 10.7 Å². The lowest BCUT2D eigenvalue weighted by molar-refractivity contribution is -0.118. The van der Waals surface area contributed by atoms with Gasteiger partial charge in [-0.15, -0.1) is 0 Å². The maximum absolute atomic E-state index is 14.4. The van der Waals surface area contributed by atoms with E-state index in [-0.39, 0.29) is 48.2 Å². The summed E-state index contributed by atoms with van der Waals surface area (Å²) in [5, 5.41) is 11.9. The Balaban J connectivity index is 1.35. The fourth-order valence-corrected chi connectivity index (χ4v) is 3.98. The molecule has 0 atom stereocenters. The summed E-state index contributed by atoms with van der Waals surface area (Å²) in [6.07, 6.45) is 0.886. The number of anilines is 1. The molecule has 0 saturated heterocycles. The van der Waals surface area contributed by atoms with Crippen molar-refractivity contribution in [2.45, 2.75) is 13.1 Å². The second-order valence-electron chi connectivity index (χ2n) is 8.44. The molecular weight excluding hydrogens is 511 g/mol. The average molecular weight is 532 g/mol. The molecule has 1 aliphatic heterocycles. The van der Waals surface area contributed by atoms with Gasteiger partial charge in [0.25, 0.3) is 17.7 Å². The van der Waals surface area contributed by atoms with E-state index in [2.05, 4.69) is 26.0 Å². The highest BCUT2D eigenvalue weighted by Gasteiger charge is 2.21. The SMILES string of the molecule is COC(=O)c1ccccc1CNC(=O)c1cc(C(=O)NCc2ccc3c(c2)NC(=O)CO3)nc2c(F)cnn12. The van der Waals surface area contributed by atoms with Crippen LogP contribution in [0, 0.1) is 5.82 Å². The Hall–Kier alpha value is -5.33. The van der Waals surface area contributed by atoms with Crippen molar-refractivity contribution < 1.29 is 33.0 Å². The van der Waals surface area contributed by atoms with E-state index in [1.54, 1.807) is 42.5 Å². The third-order valence-electron chi connectivity index (χ3n) is 5.89. The molecule has 3 amide bonds. The van der Waals surface area contributed by atoms with Crippen molar-refractivity contribution in [2.24, 2.45) is 0 Å². The molecule has 12 nitrogen and oxygen atoms in total. The molecule has 1 aliphatic rings. The molecule has 2 aromatic carbocycles. The Morgan fingerprint density at radius 1 is 1.10 bits per heavy atom. The lowest BCUT2D eigenvalue weighted by atomic mass is 10.1. The first-order valence-electron chi connectivity index (χ1n) is 11.7. The number of hydrogen-bond donors (Lipinski definition) is 3. The second-order valence-corrected chi connectivity index (χ2v) is 8.44. The lowest BCUT2D eigenvalue weighted by Gasteiger charge is -2.18. The van der Waals surface area contributed by atoms with Gasteiger partial charge in [0.2, 0.25) is 0 Å². The van der Waals surface area contributed by atoms with Crippen LogP contribution in [0.5, 0.6) is 5.75 Å². The normalized spacial score (nSPS) is 12.2. The zero-order valence-corrected chi connectivity index (χ0v) is 20.5. The van der Waals surface area contributed by atoms with Gasteiger partial charge in [0.15, 0.2) is 18.1 Å². The number of benzene rings is 2. The van der Waals surface area contributed by atoms with Crippen molar-refractivity contribution in [3.05, 3.63) is 88.6 Å². The number of carbonyl (C=O) groups is 4. The average Bonchev–Trinajstić information content (AvgIpc) is 3.33. The molecule has 3 heterocycles. The lowest BCUT2D eigenvalue weighted by Crippen LogP contribution is -2.29. The number of nitrogens with zero attached hydrogens (tertiary/aromatic N) is 3. The van der Waals surface area contributed by atoms with E-state index in [9.17, 15) is 23.6 Å². The molecule has 39 heavy (non-hydrogen) atoms. The van der Waals surface area contributed by atoms with Crippen molar-refractivity contribution in [1.29, 1.82) is 0 Å². The molecule has 2 aromatic heterocycles. The fourth-order valence-electron chi connectivity index (χ4n) is 3.98. The van der Waals surface area contributed by atoms with Gasteiger partial charge in [-0.2, -0.15) is 5.10 Å². The van der Waals surface area contributed by atoms with Gasteiger partial charge in [-0.3, -0.25) is 14.4 Å². The maximum Gasteiger partial charge on any atom is 0.338 e. The quantitative estimate of drug-likeness (QED) is 0.305. The first-order valence-corrected chi connectivity index (χ1v) is 11.7. The highest BCUT2D eigenvalue weighted by molar-refractivity contribution is 5.99. The largest absolute Gasteiger partial charge is 0.482 e.